The molecule has 0 bridgehead atoms. The van der Waals surface area contributed by atoms with E-state index < -0.39 is 0 Å². The molecule has 6 nitrogen and oxygen atoms in total. The number of aromatic nitrogens is 3. The van der Waals surface area contributed by atoms with Crippen LogP contribution in [-0.4, -0.2) is 52.6 Å². The highest BCUT2D eigenvalue weighted by Gasteiger charge is 2.19. The van der Waals surface area contributed by atoms with Crippen LogP contribution >= 0.6 is 11.8 Å². The summed E-state index contributed by atoms with van der Waals surface area (Å²) in [5.74, 6) is 1.89. The number of nitrogens with zero attached hydrogens (tertiary/aromatic N) is 4. The Hall–Kier alpha value is -1.08. The molecular weight excluding hydrogens is 264 g/mol. The van der Waals surface area contributed by atoms with Crippen molar-refractivity contribution in [3.05, 3.63) is 0 Å². The van der Waals surface area contributed by atoms with Crippen molar-refractivity contribution in [1.29, 1.82) is 0 Å². The number of hydrogen-bond donors (Lipinski definition) is 0. The molecule has 0 amide bonds. The molecule has 0 aromatic carbocycles. The fourth-order valence-electron chi connectivity index (χ4n) is 1.95. The summed E-state index contributed by atoms with van der Waals surface area (Å²) >= 11 is 1.60. The van der Waals surface area contributed by atoms with Gasteiger partial charge in [-0.25, -0.2) is 0 Å². The van der Waals surface area contributed by atoms with Crippen molar-refractivity contribution in [1.82, 2.24) is 14.8 Å². The van der Waals surface area contributed by atoms with Gasteiger partial charge in [0, 0.05) is 31.8 Å². The van der Waals surface area contributed by atoms with Gasteiger partial charge in [0.25, 0.3) is 0 Å². The Balaban J connectivity index is 2.04. The van der Waals surface area contributed by atoms with Gasteiger partial charge in [0.15, 0.2) is 5.16 Å². The van der Waals surface area contributed by atoms with E-state index in [1.54, 1.807) is 18.7 Å². The van der Waals surface area contributed by atoms with Gasteiger partial charge in [-0.05, 0) is 13.8 Å². The normalized spacial score (nSPS) is 15.8. The monoisotopic (exact) mass is 284 g/mol. The van der Waals surface area contributed by atoms with E-state index in [1.165, 1.54) is 0 Å². The second-order valence-electron chi connectivity index (χ2n) is 4.43. The molecule has 1 fully saturated rings. The molecule has 0 aliphatic carbocycles. The number of hydrogen-bond acceptors (Lipinski definition) is 6. The fraction of sp³-hybridized carbons (Fsp3) is 0.750. The first-order valence-corrected chi connectivity index (χ1v) is 7.59. The van der Waals surface area contributed by atoms with Gasteiger partial charge in [-0.2, -0.15) is 0 Å². The zero-order chi connectivity index (χ0) is 13.7. The smallest absolute Gasteiger partial charge is 0.228 e. The lowest BCUT2D eigenvalue weighted by atomic mass is 10.4. The highest BCUT2D eigenvalue weighted by Crippen LogP contribution is 2.23. The molecule has 0 unspecified atom stereocenters. The maximum Gasteiger partial charge on any atom is 0.228 e. The van der Waals surface area contributed by atoms with Crippen LogP contribution in [0.25, 0.3) is 0 Å². The van der Waals surface area contributed by atoms with Gasteiger partial charge in [-0.3, -0.25) is 9.36 Å². The lowest BCUT2D eigenvalue weighted by molar-refractivity contribution is -0.116. The SMILES string of the molecule is CCn1c(SCCC(C)=O)nnc1N1CCOCC1. The van der Waals surface area contributed by atoms with E-state index in [0.717, 1.165) is 49.7 Å². The van der Waals surface area contributed by atoms with Gasteiger partial charge in [-0.1, -0.05) is 11.8 Å². The van der Waals surface area contributed by atoms with Crippen LogP contribution in [0.15, 0.2) is 5.16 Å². The minimum Gasteiger partial charge on any atom is -0.378 e. The molecule has 0 saturated carbocycles. The van der Waals surface area contributed by atoms with Crippen molar-refractivity contribution in [3.63, 3.8) is 0 Å². The van der Waals surface area contributed by atoms with Crippen LogP contribution in [0.2, 0.25) is 0 Å². The molecule has 1 aromatic heterocycles. The summed E-state index contributed by atoms with van der Waals surface area (Å²) < 4.78 is 7.46. The van der Waals surface area contributed by atoms with Crippen LogP contribution in [0, 0.1) is 0 Å². The number of carbonyl (C=O) groups is 1. The maximum atomic E-state index is 11.0. The molecular formula is C12H20N4O2S. The van der Waals surface area contributed by atoms with E-state index in [2.05, 4.69) is 26.6 Å². The Bertz CT molecular complexity index is 429. The van der Waals surface area contributed by atoms with Crippen molar-refractivity contribution in [2.75, 3.05) is 37.0 Å². The largest absolute Gasteiger partial charge is 0.378 e. The molecule has 0 spiro atoms. The van der Waals surface area contributed by atoms with E-state index in [9.17, 15) is 4.79 Å². The molecule has 0 N–H and O–H groups in total. The van der Waals surface area contributed by atoms with Gasteiger partial charge >= 0.3 is 0 Å². The molecule has 7 heteroatoms. The van der Waals surface area contributed by atoms with Gasteiger partial charge < -0.3 is 9.64 Å². The summed E-state index contributed by atoms with van der Waals surface area (Å²) in [4.78, 5) is 13.2. The maximum absolute atomic E-state index is 11.0. The molecule has 1 aromatic rings. The van der Waals surface area contributed by atoms with Crippen molar-refractivity contribution in [2.45, 2.75) is 32.0 Å². The number of ether oxygens (including phenoxy) is 1. The number of carbonyl (C=O) groups excluding carboxylic acids is 1. The molecule has 1 aliphatic rings. The average molecular weight is 284 g/mol. The Morgan fingerprint density at radius 1 is 1.37 bits per heavy atom. The van der Waals surface area contributed by atoms with Gasteiger partial charge in [0.1, 0.15) is 5.78 Å². The average Bonchev–Trinajstić information content (AvgIpc) is 2.82. The van der Waals surface area contributed by atoms with Gasteiger partial charge in [0.2, 0.25) is 5.95 Å². The molecule has 19 heavy (non-hydrogen) atoms. The van der Waals surface area contributed by atoms with E-state index >= 15 is 0 Å². The summed E-state index contributed by atoms with van der Waals surface area (Å²) in [6.45, 7) is 7.73. The van der Waals surface area contributed by atoms with Crippen LogP contribution < -0.4 is 4.90 Å². The second-order valence-corrected chi connectivity index (χ2v) is 5.49. The first kappa shape index (κ1) is 14.3. The number of morpholine rings is 1. The van der Waals surface area contributed by atoms with E-state index in [4.69, 9.17) is 4.74 Å². The van der Waals surface area contributed by atoms with E-state index in [-0.39, 0.29) is 5.78 Å². The predicted octanol–water partition coefficient (Wildman–Crippen LogP) is 1.21. The standard InChI is InChI=1S/C12H20N4O2S/c1-3-16-11(15-5-7-18-8-6-15)13-14-12(16)19-9-4-10(2)17/h3-9H2,1-2H3. The van der Waals surface area contributed by atoms with Crippen LogP contribution in [0.3, 0.4) is 0 Å². The Morgan fingerprint density at radius 3 is 2.74 bits per heavy atom. The first-order chi connectivity index (χ1) is 9.22. The minimum absolute atomic E-state index is 0.212. The van der Waals surface area contributed by atoms with E-state index in [0.29, 0.717) is 6.42 Å². The first-order valence-electron chi connectivity index (χ1n) is 6.60. The fourth-order valence-corrected chi connectivity index (χ4v) is 2.99. The lowest BCUT2D eigenvalue weighted by Crippen LogP contribution is -2.38. The lowest BCUT2D eigenvalue weighted by Gasteiger charge is -2.27. The molecule has 106 valence electrons. The van der Waals surface area contributed by atoms with Crippen molar-refractivity contribution >= 4 is 23.5 Å². The molecule has 2 rings (SSSR count). The summed E-state index contributed by atoms with van der Waals surface area (Å²) in [6, 6.07) is 0. The third-order valence-corrected chi connectivity index (χ3v) is 3.96. The third kappa shape index (κ3) is 3.70. The summed E-state index contributed by atoms with van der Waals surface area (Å²) in [7, 11) is 0. The van der Waals surface area contributed by atoms with Crippen molar-refractivity contribution in [2.24, 2.45) is 0 Å². The Labute approximate surface area is 117 Å². The van der Waals surface area contributed by atoms with Crippen LogP contribution in [0.5, 0.6) is 0 Å². The number of thioether (sulfide) groups is 1. The summed E-state index contributed by atoms with van der Waals surface area (Å²) in [6.07, 6.45) is 0.578. The van der Waals surface area contributed by atoms with Gasteiger partial charge in [0.05, 0.1) is 13.2 Å². The quantitative estimate of drug-likeness (QED) is 0.732. The predicted molar refractivity (Wildman–Crippen MR) is 74.8 cm³/mol. The van der Waals surface area contributed by atoms with Gasteiger partial charge in [-0.15, -0.1) is 10.2 Å². The van der Waals surface area contributed by atoms with Crippen LogP contribution in [0.1, 0.15) is 20.3 Å². The number of Topliss-reactive ketones (excluding diaryl/α,β-unsaturated/α-hetero) is 1. The number of ketones is 1. The topological polar surface area (TPSA) is 60.2 Å². The number of anilines is 1. The highest BCUT2D eigenvalue weighted by atomic mass is 32.2. The van der Waals surface area contributed by atoms with Crippen LogP contribution in [-0.2, 0) is 16.1 Å². The Kier molecular flexibility index (Phi) is 5.21. The number of rotatable bonds is 6. The molecule has 1 saturated heterocycles. The second kappa shape index (κ2) is 6.91. The zero-order valence-corrected chi connectivity index (χ0v) is 12.3. The third-order valence-electron chi connectivity index (χ3n) is 2.99. The van der Waals surface area contributed by atoms with Crippen molar-refractivity contribution in [3.8, 4) is 0 Å². The van der Waals surface area contributed by atoms with Crippen molar-refractivity contribution < 1.29 is 9.53 Å². The van der Waals surface area contributed by atoms with Crippen LogP contribution in [0.4, 0.5) is 5.95 Å². The molecule has 0 radical (unpaired) electrons. The van der Waals surface area contributed by atoms with E-state index in [1.807, 2.05) is 0 Å². The Morgan fingerprint density at radius 2 is 2.11 bits per heavy atom. The summed E-state index contributed by atoms with van der Waals surface area (Å²) in [5, 5.41) is 9.42. The highest BCUT2D eigenvalue weighted by molar-refractivity contribution is 7.99. The molecule has 2 heterocycles. The summed E-state index contributed by atoms with van der Waals surface area (Å²) in [5.41, 5.74) is 0. The minimum atomic E-state index is 0.212. The molecule has 0 atom stereocenters. The molecule has 1 aliphatic heterocycles. The zero-order valence-electron chi connectivity index (χ0n) is 11.5.